The Morgan fingerprint density at radius 2 is 1.62 bits per heavy atom. The summed E-state index contributed by atoms with van der Waals surface area (Å²) in [5.74, 6) is -0.125. The van der Waals surface area contributed by atoms with Gasteiger partial charge in [-0.15, -0.1) is 0 Å². The number of nitrogens with zero attached hydrogens (tertiary/aromatic N) is 1. The van der Waals surface area contributed by atoms with Gasteiger partial charge in [0.2, 0.25) is 0 Å². The number of morpholine rings is 1. The number of phenolic OH excluding ortho intramolecular Hbond substituents is 2. The lowest BCUT2D eigenvalue weighted by Gasteiger charge is -2.35. The third-order valence-electron chi connectivity index (χ3n) is 3.87. The minimum Gasteiger partial charge on any atom is -0.504 e. The molecular formula is C17H19NO3. The molecule has 1 aliphatic heterocycles. The van der Waals surface area contributed by atoms with Gasteiger partial charge in [0.15, 0.2) is 11.5 Å². The number of rotatable bonds is 3. The van der Waals surface area contributed by atoms with Gasteiger partial charge in [-0.3, -0.25) is 4.90 Å². The Labute approximate surface area is 124 Å². The summed E-state index contributed by atoms with van der Waals surface area (Å²) in [6.45, 7) is 2.97. The predicted molar refractivity (Wildman–Crippen MR) is 80.4 cm³/mol. The van der Waals surface area contributed by atoms with Crippen LogP contribution in [0.25, 0.3) is 0 Å². The molecule has 0 bridgehead atoms. The van der Waals surface area contributed by atoms with Crippen molar-refractivity contribution in [3.63, 3.8) is 0 Å². The summed E-state index contributed by atoms with van der Waals surface area (Å²) >= 11 is 0. The van der Waals surface area contributed by atoms with Crippen LogP contribution in [0.15, 0.2) is 48.5 Å². The average molecular weight is 285 g/mol. The van der Waals surface area contributed by atoms with Gasteiger partial charge < -0.3 is 14.9 Å². The first-order valence-electron chi connectivity index (χ1n) is 7.15. The van der Waals surface area contributed by atoms with Crippen LogP contribution in [0, 0.1) is 0 Å². The SMILES string of the molecule is Oc1cccc(C(c2ccccc2)N2CCOCC2)c1O. The van der Waals surface area contributed by atoms with E-state index in [0.29, 0.717) is 13.2 Å². The summed E-state index contributed by atoms with van der Waals surface area (Å²) in [4.78, 5) is 2.27. The number of hydrogen-bond donors (Lipinski definition) is 2. The molecule has 4 nitrogen and oxygen atoms in total. The molecule has 2 N–H and O–H groups in total. The first kappa shape index (κ1) is 13.9. The topological polar surface area (TPSA) is 52.9 Å². The minimum atomic E-state index is -0.0818. The molecule has 2 aromatic carbocycles. The zero-order valence-corrected chi connectivity index (χ0v) is 11.8. The van der Waals surface area contributed by atoms with Gasteiger partial charge in [-0.1, -0.05) is 42.5 Å². The molecule has 0 aliphatic carbocycles. The molecule has 1 fully saturated rings. The van der Waals surface area contributed by atoms with Crippen molar-refractivity contribution in [1.29, 1.82) is 0 Å². The van der Waals surface area contributed by atoms with E-state index < -0.39 is 0 Å². The Balaban J connectivity index is 2.05. The van der Waals surface area contributed by atoms with Crippen molar-refractivity contribution in [2.24, 2.45) is 0 Å². The second kappa shape index (κ2) is 6.16. The highest BCUT2D eigenvalue weighted by Crippen LogP contribution is 2.38. The lowest BCUT2D eigenvalue weighted by molar-refractivity contribution is 0.0235. The molecule has 0 aromatic heterocycles. The number of benzene rings is 2. The van der Waals surface area contributed by atoms with E-state index in [-0.39, 0.29) is 17.5 Å². The van der Waals surface area contributed by atoms with Crippen molar-refractivity contribution in [1.82, 2.24) is 4.90 Å². The largest absolute Gasteiger partial charge is 0.504 e. The fourth-order valence-electron chi connectivity index (χ4n) is 2.83. The minimum absolute atomic E-state index is 0.0437. The maximum atomic E-state index is 10.3. The summed E-state index contributed by atoms with van der Waals surface area (Å²) in [6.07, 6.45) is 0. The predicted octanol–water partition coefficient (Wildman–Crippen LogP) is 2.52. The van der Waals surface area contributed by atoms with E-state index in [9.17, 15) is 10.2 Å². The molecule has 1 saturated heterocycles. The van der Waals surface area contributed by atoms with Crippen LogP contribution in [0.4, 0.5) is 0 Å². The van der Waals surface area contributed by atoms with Gasteiger partial charge in [-0.2, -0.15) is 0 Å². The van der Waals surface area contributed by atoms with Crippen LogP contribution in [-0.2, 0) is 4.74 Å². The zero-order chi connectivity index (χ0) is 14.7. The summed E-state index contributed by atoms with van der Waals surface area (Å²) in [6, 6.07) is 15.1. The Morgan fingerprint density at radius 1 is 0.905 bits per heavy atom. The Bertz CT molecular complexity index is 594. The van der Waals surface area contributed by atoms with Crippen LogP contribution in [0.3, 0.4) is 0 Å². The summed E-state index contributed by atoms with van der Waals surface area (Å²) in [5, 5.41) is 20.1. The van der Waals surface area contributed by atoms with Gasteiger partial charge >= 0.3 is 0 Å². The molecule has 21 heavy (non-hydrogen) atoms. The summed E-state index contributed by atoms with van der Waals surface area (Å²) < 4.78 is 5.42. The van der Waals surface area contributed by atoms with E-state index in [4.69, 9.17) is 4.74 Å². The van der Waals surface area contributed by atoms with Gasteiger partial charge in [0.1, 0.15) is 0 Å². The third kappa shape index (κ3) is 2.86. The summed E-state index contributed by atoms with van der Waals surface area (Å²) in [5.41, 5.74) is 1.82. The van der Waals surface area contributed by atoms with Crippen molar-refractivity contribution in [3.8, 4) is 11.5 Å². The van der Waals surface area contributed by atoms with E-state index in [2.05, 4.69) is 4.90 Å². The number of phenols is 2. The monoisotopic (exact) mass is 285 g/mol. The first-order valence-corrected chi connectivity index (χ1v) is 7.15. The highest BCUT2D eigenvalue weighted by Gasteiger charge is 2.27. The van der Waals surface area contributed by atoms with Crippen LogP contribution < -0.4 is 0 Å². The van der Waals surface area contributed by atoms with E-state index in [1.807, 2.05) is 36.4 Å². The molecule has 0 radical (unpaired) electrons. The second-order valence-electron chi connectivity index (χ2n) is 5.18. The van der Waals surface area contributed by atoms with Gasteiger partial charge in [-0.25, -0.2) is 0 Å². The highest BCUT2D eigenvalue weighted by molar-refractivity contribution is 5.49. The normalized spacial score (nSPS) is 17.5. The van der Waals surface area contributed by atoms with Crippen LogP contribution in [0.1, 0.15) is 17.2 Å². The van der Waals surface area contributed by atoms with E-state index in [1.165, 1.54) is 6.07 Å². The average Bonchev–Trinajstić information content (AvgIpc) is 2.54. The van der Waals surface area contributed by atoms with E-state index >= 15 is 0 Å². The molecule has 0 spiro atoms. The van der Waals surface area contributed by atoms with Crippen molar-refractivity contribution in [2.45, 2.75) is 6.04 Å². The molecule has 3 rings (SSSR count). The molecular weight excluding hydrogens is 266 g/mol. The number of hydrogen-bond acceptors (Lipinski definition) is 4. The lowest BCUT2D eigenvalue weighted by Crippen LogP contribution is -2.39. The van der Waals surface area contributed by atoms with Crippen molar-refractivity contribution < 1.29 is 14.9 Å². The summed E-state index contributed by atoms with van der Waals surface area (Å²) in [7, 11) is 0. The van der Waals surface area contributed by atoms with Crippen LogP contribution in [-0.4, -0.2) is 41.4 Å². The molecule has 1 aliphatic rings. The Kier molecular flexibility index (Phi) is 4.08. The van der Waals surface area contributed by atoms with Crippen LogP contribution in [0.5, 0.6) is 11.5 Å². The maximum absolute atomic E-state index is 10.3. The lowest BCUT2D eigenvalue weighted by atomic mass is 9.95. The van der Waals surface area contributed by atoms with E-state index in [0.717, 1.165) is 24.2 Å². The molecule has 0 amide bonds. The standard InChI is InChI=1S/C17H19NO3/c19-15-8-4-7-14(17(15)20)16(13-5-2-1-3-6-13)18-9-11-21-12-10-18/h1-8,16,19-20H,9-12H2. The van der Waals surface area contributed by atoms with Gasteiger partial charge in [0.05, 0.1) is 19.3 Å². The fourth-order valence-corrected chi connectivity index (χ4v) is 2.83. The number of para-hydroxylation sites is 1. The zero-order valence-electron chi connectivity index (χ0n) is 11.8. The number of aromatic hydroxyl groups is 2. The van der Waals surface area contributed by atoms with Gasteiger partial charge in [0.25, 0.3) is 0 Å². The highest BCUT2D eigenvalue weighted by atomic mass is 16.5. The van der Waals surface area contributed by atoms with Gasteiger partial charge in [-0.05, 0) is 11.6 Å². The first-order chi connectivity index (χ1) is 10.3. The smallest absolute Gasteiger partial charge is 0.162 e. The van der Waals surface area contributed by atoms with Crippen LogP contribution in [0.2, 0.25) is 0 Å². The third-order valence-corrected chi connectivity index (χ3v) is 3.87. The molecule has 2 aromatic rings. The molecule has 0 saturated carbocycles. The fraction of sp³-hybridized carbons (Fsp3) is 0.294. The quantitative estimate of drug-likeness (QED) is 0.851. The van der Waals surface area contributed by atoms with Crippen LogP contribution >= 0.6 is 0 Å². The van der Waals surface area contributed by atoms with Crippen molar-refractivity contribution >= 4 is 0 Å². The number of ether oxygens (including phenoxy) is 1. The van der Waals surface area contributed by atoms with Gasteiger partial charge in [0, 0.05) is 18.7 Å². The molecule has 110 valence electrons. The Hall–Kier alpha value is -2.04. The molecule has 4 heteroatoms. The second-order valence-corrected chi connectivity index (χ2v) is 5.18. The van der Waals surface area contributed by atoms with Crippen molar-refractivity contribution in [3.05, 3.63) is 59.7 Å². The van der Waals surface area contributed by atoms with Crippen molar-refractivity contribution in [2.75, 3.05) is 26.3 Å². The Morgan fingerprint density at radius 3 is 2.33 bits per heavy atom. The molecule has 1 heterocycles. The maximum Gasteiger partial charge on any atom is 0.162 e. The molecule has 1 atom stereocenters. The van der Waals surface area contributed by atoms with E-state index in [1.54, 1.807) is 6.07 Å². The molecule has 1 unspecified atom stereocenters.